The van der Waals surface area contributed by atoms with Crippen LogP contribution in [0.3, 0.4) is 0 Å². The van der Waals surface area contributed by atoms with Gasteiger partial charge in [-0.25, -0.2) is 3.63 Å². The van der Waals surface area contributed by atoms with Gasteiger partial charge in [-0.2, -0.15) is 8.42 Å². The van der Waals surface area contributed by atoms with Crippen LogP contribution in [0.2, 0.25) is 0 Å². The molecule has 6 heteroatoms. The fourth-order valence-corrected chi connectivity index (χ4v) is 13.0. The lowest BCUT2D eigenvalue weighted by molar-refractivity contribution is -0.128. The highest BCUT2D eigenvalue weighted by Gasteiger charge is 2.65. The summed E-state index contributed by atoms with van der Waals surface area (Å²) in [6.45, 7) is 6.35. The Labute approximate surface area is 242 Å². The fraction of sp³-hybridized carbons (Fsp3) is 0.441. The van der Waals surface area contributed by atoms with Crippen molar-refractivity contribution >= 4 is 26.2 Å². The fourth-order valence-electron chi connectivity index (χ4n) is 6.94. The van der Waals surface area contributed by atoms with Crippen LogP contribution in [0, 0.1) is 16.7 Å². The summed E-state index contributed by atoms with van der Waals surface area (Å²) in [5, 5.41) is 0. The van der Waals surface area contributed by atoms with Crippen LogP contribution >= 0.6 is 10.3 Å². The summed E-state index contributed by atoms with van der Waals surface area (Å²) in [7, 11) is -6.78. The van der Waals surface area contributed by atoms with Gasteiger partial charge >= 0.3 is 0 Å². The Bertz CT molecular complexity index is 1380. The van der Waals surface area contributed by atoms with Gasteiger partial charge in [-0.1, -0.05) is 88.6 Å². The molecule has 0 aliphatic heterocycles. The van der Waals surface area contributed by atoms with Crippen LogP contribution in [0.15, 0.2) is 99.6 Å². The predicted molar refractivity (Wildman–Crippen MR) is 163 cm³/mol. The molecular weight excluding hydrogens is 537 g/mol. The first-order valence-electron chi connectivity index (χ1n) is 14.6. The van der Waals surface area contributed by atoms with Crippen molar-refractivity contribution < 1.29 is 16.8 Å². The Balaban J connectivity index is 1.59. The molecule has 0 spiro atoms. The molecule has 2 atom stereocenters. The zero-order valence-corrected chi connectivity index (χ0v) is 25.6. The first kappa shape index (κ1) is 29.1. The van der Waals surface area contributed by atoms with E-state index in [4.69, 9.17) is 3.63 Å². The molecule has 2 unspecified atom stereocenters. The summed E-state index contributed by atoms with van der Waals surface area (Å²) >= 11 is 0. The van der Waals surface area contributed by atoms with Crippen molar-refractivity contribution in [1.82, 2.24) is 0 Å². The molecule has 3 aromatic rings. The van der Waals surface area contributed by atoms with Crippen molar-refractivity contribution in [3.63, 3.8) is 0 Å². The lowest BCUT2D eigenvalue weighted by Gasteiger charge is -2.41. The molecule has 2 bridgehead atoms. The zero-order valence-electron chi connectivity index (χ0n) is 24.0. The van der Waals surface area contributed by atoms with Crippen LogP contribution in [-0.4, -0.2) is 20.0 Å². The number of rotatable bonds is 12. The number of Topliss-reactive ketones (excluding diaryl/α,β-unsaturated/α-hetero) is 1. The molecule has 40 heavy (non-hydrogen) atoms. The van der Waals surface area contributed by atoms with E-state index in [1.807, 2.05) is 60.7 Å². The zero-order chi connectivity index (χ0) is 28.4. The second kappa shape index (κ2) is 11.5. The van der Waals surface area contributed by atoms with Gasteiger partial charge in [-0.3, -0.25) is 4.79 Å². The molecule has 2 aliphatic rings. The Kier molecular flexibility index (Phi) is 8.34. The maximum Gasteiger partial charge on any atom is 0.278 e. The molecule has 2 fully saturated rings. The molecule has 2 aliphatic carbocycles. The minimum Gasteiger partial charge on any atom is -0.299 e. The molecule has 0 aromatic heterocycles. The van der Waals surface area contributed by atoms with Gasteiger partial charge in [0.1, 0.15) is 5.78 Å². The van der Waals surface area contributed by atoms with E-state index in [1.165, 1.54) is 24.8 Å². The number of aryl methyl sites for hydroxylation is 1. The molecule has 0 saturated heterocycles. The summed E-state index contributed by atoms with van der Waals surface area (Å²) in [6, 6.07) is 27.8. The quantitative estimate of drug-likeness (QED) is 0.202. The van der Waals surface area contributed by atoms with E-state index in [1.54, 1.807) is 0 Å². The van der Waals surface area contributed by atoms with E-state index in [0.29, 0.717) is 12.8 Å². The maximum atomic E-state index is 14.3. The molecular formula is C34H42O4S2. The third-order valence-electron chi connectivity index (χ3n) is 9.49. The normalized spacial score (nSPS) is 22.5. The smallest absolute Gasteiger partial charge is 0.278 e. The van der Waals surface area contributed by atoms with E-state index in [9.17, 15) is 13.2 Å². The van der Waals surface area contributed by atoms with Gasteiger partial charge in [0.15, 0.2) is 0 Å². The molecule has 0 heterocycles. The molecule has 2 saturated carbocycles. The number of hydrogen-bond donors (Lipinski definition) is 0. The lowest BCUT2D eigenvalue weighted by atomic mass is 9.70. The van der Waals surface area contributed by atoms with Gasteiger partial charge in [0.25, 0.3) is 10.1 Å². The number of ketones is 1. The Morgan fingerprint density at radius 2 is 1.38 bits per heavy atom. The second-order valence-electron chi connectivity index (χ2n) is 12.1. The highest BCUT2D eigenvalue weighted by molar-refractivity contribution is 8.33. The highest BCUT2D eigenvalue weighted by atomic mass is 32.3. The monoisotopic (exact) mass is 578 g/mol. The number of hydrogen-bond acceptors (Lipinski definition) is 4. The van der Waals surface area contributed by atoms with Gasteiger partial charge in [0.2, 0.25) is 0 Å². The standard InChI is InChI=1S/C34H42O4S2/c1-4-5-6-9-14-27-19-21-31(22-20-27)40(29-15-10-7-11-16-29,30-17-12-8-13-18-30)38-39(36,37)26-34-24-23-28(25-32(34)35)33(34,2)3/h7-8,10-13,15-22,28H,4-6,9,14,23-26H2,1-3H3. The van der Waals surface area contributed by atoms with Crippen molar-refractivity contribution in [2.75, 3.05) is 5.75 Å². The second-order valence-corrected chi connectivity index (χ2v) is 16.5. The maximum absolute atomic E-state index is 14.3. The van der Waals surface area contributed by atoms with Gasteiger partial charge in [0, 0.05) is 21.1 Å². The summed E-state index contributed by atoms with van der Waals surface area (Å²) < 4.78 is 35.1. The first-order valence-corrected chi connectivity index (χ1v) is 17.8. The van der Waals surface area contributed by atoms with Crippen LogP contribution in [0.25, 0.3) is 0 Å². The molecule has 0 radical (unpaired) electrons. The molecule has 214 valence electrons. The Hall–Kier alpha value is -2.41. The van der Waals surface area contributed by atoms with Crippen LogP contribution < -0.4 is 0 Å². The topological polar surface area (TPSA) is 60.4 Å². The minimum absolute atomic E-state index is 0.0772. The molecule has 5 rings (SSSR count). The van der Waals surface area contributed by atoms with Gasteiger partial charge in [-0.15, -0.1) is 0 Å². The van der Waals surface area contributed by atoms with Gasteiger partial charge in [-0.05, 0) is 89.3 Å². The van der Waals surface area contributed by atoms with E-state index in [-0.39, 0.29) is 22.9 Å². The van der Waals surface area contributed by atoms with E-state index < -0.39 is 25.8 Å². The van der Waals surface area contributed by atoms with Crippen LogP contribution in [0.5, 0.6) is 0 Å². The van der Waals surface area contributed by atoms with Crippen LogP contribution in [-0.2, 0) is 25.0 Å². The molecule has 0 N–H and O–H groups in total. The summed E-state index contributed by atoms with van der Waals surface area (Å²) in [5.74, 6) is 0.0421. The van der Waals surface area contributed by atoms with Crippen molar-refractivity contribution in [2.24, 2.45) is 16.7 Å². The van der Waals surface area contributed by atoms with E-state index >= 15 is 0 Å². The molecule has 0 amide bonds. The molecule has 3 aromatic carbocycles. The summed E-state index contributed by atoms with van der Waals surface area (Å²) in [5.41, 5.74) is -0.0132. The van der Waals surface area contributed by atoms with Gasteiger partial charge in [0.05, 0.1) is 11.2 Å². The number of carbonyl (C=O) groups excluding carboxylic acids is 1. The molecule has 4 nitrogen and oxygen atoms in total. The lowest BCUT2D eigenvalue weighted by Crippen LogP contribution is -2.42. The number of unbranched alkanes of at least 4 members (excludes halogenated alkanes) is 3. The van der Waals surface area contributed by atoms with E-state index in [0.717, 1.165) is 33.9 Å². The largest absolute Gasteiger partial charge is 0.299 e. The third kappa shape index (κ3) is 5.19. The SMILES string of the molecule is CCCCCCc1ccc(S(OS(=O)(=O)CC23CCC(CC2=O)C3(C)C)(c2ccccc2)c2ccccc2)cc1. The average molecular weight is 579 g/mol. The minimum atomic E-state index is -4.13. The van der Waals surface area contributed by atoms with Crippen molar-refractivity contribution in [3.05, 3.63) is 90.5 Å². The first-order chi connectivity index (χ1) is 19.1. The van der Waals surface area contributed by atoms with E-state index in [2.05, 4.69) is 45.0 Å². The van der Waals surface area contributed by atoms with Crippen LogP contribution in [0.1, 0.15) is 71.3 Å². The number of benzene rings is 3. The van der Waals surface area contributed by atoms with Crippen LogP contribution in [0.4, 0.5) is 0 Å². The Morgan fingerprint density at radius 3 is 1.88 bits per heavy atom. The predicted octanol–water partition coefficient (Wildman–Crippen LogP) is 8.75. The summed E-state index contributed by atoms with van der Waals surface area (Å²) in [4.78, 5) is 15.8. The van der Waals surface area contributed by atoms with Crippen molar-refractivity contribution in [3.8, 4) is 0 Å². The number of carbonyl (C=O) groups is 1. The van der Waals surface area contributed by atoms with Crippen molar-refractivity contribution in [1.29, 1.82) is 0 Å². The number of fused-ring (bicyclic) bond motifs is 2. The third-order valence-corrected chi connectivity index (χ3v) is 14.8. The van der Waals surface area contributed by atoms with Crippen molar-refractivity contribution in [2.45, 2.75) is 86.8 Å². The Morgan fingerprint density at radius 1 is 0.800 bits per heavy atom. The average Bonchev–Trinajstić information content (AvgIpc) is 3.30. The summed E-state index contributed by atoms with van der Waals surface area (Å²) in [6.07, 6.45) is 7.76. The van der Waals surface area contributed by atoms with Gasteiger partial charge < -0.3 is 0 Å². The highest BCUT2D eigenvalue weighted by Crippen LogP contribution is 2.71.